The maximum atomic E-state index is 13.3. The second kappa shape index (κ2) is 9.98. The molecule has 1 aliphatic carbocycles. The molecule has 1 unspecified atom stereocenters. The molecule has 3 heterocycles. The van der Waals surface area contributed by atoms with Gasteiger partial charge in [-0.15, -0.1) is 0 Å². The summed E-state index contributed by atoms with van der Waals surface area (Å²) in [5, 5.41) is 8.04. The fraction of sp³-hybridized carbons (Fsp3) is 0.615. The van der Waals surface area contributed by atoms with E-state index in [0.717, 1.165) is 42.9 Å². The largest absolute Gasteiger partial charge is 0.435 e. The molecule has 1 N–H and O–H groups in total. The first-order valence-electron chi connectivity index (χ1n) is 12.9. The molecule has 1 amide bonds. The SMILES string of the molecule is CN1CCC(n2nc(-c3cccc(OC(F)F)c3)c3c2CC(C(=O)N[C@]2(C)CCS(=O)(=O)C2)CC3)CC1. The first-order valence-corrected chi connectivity index (χ1v) is 14.7. The lowest BCUT2D eigenvalue weighted by Gasteiger charge is -2.32. The number of carbonyl (C=O) groups excluding carboxylic acids is 1. The van der Waals surface area contributed by atoms with Gasteiger partial charge in [-0.25, -0.2) is 8.42 Å². The van der Waals surface area contributed by atoms with E-state index in [-0.39, 0.29) is 35.1 Å². The highest BCUT2D eigenvalue weighted by Crippen LogP contribution is 2.38. The smallest absolute Gasteiger partial charge is 0.387 e. The molecule has 0 saturated carbocycles. The lowest BCUT2D eigenvalue weighted by Crippen LogP contribution is -2.50. The van der Waals surface area contributed by atoms with Crippen molar-refractivity contribution in [2.24, 2.45) is 5.92 Å². The number of piperidine rings is 1. The zero-order valence-electron chi connectivity index (χ0n) is 21.3. The average molecular weight is 537 g/mol. The molecule has 2 aliphatic heterocycles. The van der Waals surface area contributed by atoms with Gasteiger partial charge in [0, 0.05) is 29.2 Å². The maximum absolute atomic E-state index is 13.3. The number of ether oxygens (including phenoxy) is 1. The molecule has 37 heavy (non-hydrogen) atoms. The van der Waals surface area contributed by atoms with E-state index in [4.69, 9.17) is 5.10 Å². The number of fused-ring (bicyclic) bond motifs is 1. The number of amides is 1. The lowest BCUT2D eigenvalue weighted by molar-refractivity contribution is -0.127. The zero-order chi connectivity index (χ0) is 26.4. The van der Waals surface area contributed by atoms with Crippen molar-refractivity contribution in [3.8, 4) is 17.0 Å². The molecule has 2 fully saturated rings. The van der Waals surface area contributed by atoms with E-state index in [0.29, 0.717) is 31.2 Å². The van der Waals surface area contributed by atoms with Crippen molar-refractivity contribution >= 4 is 15.7 Å². The van der Waals surface area contributed by atoms with Crippen LogP contribution in [0.15, 0.2) is 24.3 Å². The second-order valence-corrected chi connectivity index (χ2v) is 13.2. The minimum absolute atomic E-state index is 0.0294. The van der Waals surface area contributed by atoms with Crippen LogP contribution in [0.3, 0.4) is 0 Å². The van der Waals surface area contributed by atoms with Crippen LogP contribution in [0.25, 0.3) is 11.3 Å². The van der Waals surface area contributed by atoms with Gasteiger partial charge in [-0.05, 0) is 71.3 Å². The van der Waals surface area contributed by atoms with Crippen molar-refractivity contribution in [2.45, 2.75) is 63.6 Å². The van der Waals surface area contributed by atoms with Gasteiger partial charge < -0.3 is 15.0 Å². The normalized spacial score (nSPS) is 26.2. The van der Waals surface area contributed by atoms with Crippen molar-refractivity contribution in [1.29, 1.82) is 0 Å². The van der Waals surface area contributed by atoms with Crippen LogP contribution in [0, 0.1) is 5.92 Å². The van der Waals surface area contributed by atoms with Crippen molar-refractivity contribution < 1.29 is 26.7 Å². The number of alkyl halides is 2. The number of rotatable bonds is 6. The fourth-order valence-electron chi connectivity index (χ4n) is 5.96. The van der Waals surface area contributed by atoms with Crippen molar-refractivity contribution in [1.82, 2.24) is 20.0 Å². The van der Waals surface area contributed by atoms with Gasteiger partial charge in [0.05, 0.1) is 28.8 Å². The average Bonchev–Trinajstić information content (AvgIpc) is 3.35. The molecule has 5 rings (SSSR count). The first-order chi connectivity index (χ1) is 17.5. The third kappa shape index (κ3) is 5.67. The highest BCUT2D eigenvalue weighted by atomic mass is 32.2. The molecule has 0 bridgehead atoms. The van der Waals surface area contributed by atoms with Gasteiger partial charge in [0.2, 0.25) is 5.91 Å². The van der Waals surface area contributed by atoms with Crippen LogP contribution in [0.1, 0.15) is 49.9 Å². The topological polar surface area (TPSA) is 93.5 Å². The number of hydrogen-bond donors (Lipinski definition) is 1. The van der Waals surface area contributed by atoms with E-state index in [1.807, 2.05) is 6.07 Å². The van der Waals surface area contributed by atoms with Crippen molar-refractivity contribution in [3.05, 3.63) is 35.5 Å². The standard InChI is InChI=1S/C26H34F2N4O4S/c1-26(10-13-37(34,35)16-26)29-24(33)18-6-7-21-22(15-18)32(19-8-11-31(2)12-9-19)30-23(21)17-4-3-5-20(14-17)36-25(27)28/h3-5,14,18-19,25H,6-13,15-16H2,1-2H3,(H,29,33)/t18?,26-/m1/s1. The third-order valence-corrected chi connectivity index (χ3v) is 9.87. The number of nitrogens with one attached hydrogen (secondary N) is 1. The highest BCUT2D eigenvalue weighted by molar-refractivity contribution is 7.91. The predicted octanol–water partition coefficient (Wildman–Crippen LogP) is 3.22. The molecular weight excluding hydrogens is 502 g/mol. The Morgan fingerprint density at radius 3 is 2.68 bits per heavy atom. The lowest BCUT2D eigenvalue weighted by atomic mass is 9.84. The van der Waals surface area contributed by atoms with E-state index in [1.54, 1.807) is 19.1 Å². The van der Waals surface area contributed by atoms with Crippen LogP contribution >= 0.6 is 0 Å². The van der Waals surface area contributed by atoms with Crippen molar-refractivity contribution in [3.63, 3.8) is 0 Å². The molecule has 8 nitrogen and oxygen atoms in total. The van der Waals surface area contributed by atoms with Gasteiger partial charge in [0.25, 0.3) is 0 Å². The Bertz CT molecular complexity index is 1270. The minimum atomic E-state index is -3.13. The molecule has 2 aromatic rings. The summed E-state index contributed by atoms with van der Waals surface area (Å²) in [6.45, 7) is 0.794. The molecule has 2 atom stereocenters. The zero-order valence-corrected chi connectivity index (χ0v) is 22.1. The van der Waals surface area contributed by atoms with Gasteiger partial charge >= 0.3 is 6.61 Å². The minimum Gasteiger partial charge on any atom is -0.435 e. The predicted molar refractivity (Wildman–Crippen MR) is 135 cm³/mol. The summed E-state index contributed by atoms with van der Waals surface area (Å²) in [6.07, 6.45) is 4.05. The number of sulfone groups is 1. The third-order valence-electron chi connectivity index (χ3n) is 7.97. The van der Waals surface area contributed by atoms with Gasteiger partial charge in [0.1, 0.15) is 5.75 Å². The van der Waals surface area contributed by atoms with Gasteiger partial charge in [0.15, 0.2) is 9.84 Å². The Morgan fingerprint density at radius 1 is 1.24 bits per heavy atom. The van der Waals surface area contributed by atoms with Crippen LogP contribution in [-0.2, 0) is 27.5 Å². The Morgan fingerprint density at radius 2 is 2.00 bits per heavy atom. The van der Waals surface area contributed by atoms with Gasteiger partial charge in [-0.2, -0.15) is 13.9 Å². The first kappa shape index (κ1) is 26.1. The van der Waals surface area contributed by atoms with Gasteiger partial charge in [-0.1, -0.05) is 12.1 Å². The van der Waals surface area contributed by atoms with E-state index in [9.17, 15) is 22.0 Å². The number of carbonyl (C=O) groups is 1. The maximum Gasteiger partial charge on any atom is 0.387 e. The Hall–Kier alpha value is -2.53. The summed E-state index contributed by atoms with van der Waals surface area (Å²) >= 11 is 0. The summed E-state index contributed by atoms with van der Waals surface area (Å²) < 4.78 is 56.4. The summed E-state index contributed by atoms with van der Waals surface area (Å²) in [7, 11) is -1.04. The number of halogens is 2. The van der Waals surface area contributed by atoms with Crippen molar-refractivity contribution in [2.75, 3.05) is 31.6 Å². The monoisotopic (exact) mass is 536 g/mol. The summed E-state index contributed by atoms with van der Waals surface area (Å²) in [5.74, 6) is -0.244. The number of nitrogens with zero attached hydrogens (tertiary/aromatic N) is 3. The van der Waals surface area contributed by atoms with Crippen LogP contribution in [0.4, 0.5) is 8.78 Å². The van der Waals surface area contributed by atoms with Crippen LogP contribution in [0.5, 0.6) is 5.75 Å². The fourth-order valence-corrected chi connectivity index (χ4v) is 8.06. The molecule has 11 heteroatoms. The summed E-state index contributed by atoms with van der Waals surface area (Å²) in [5.41, 5.74) is 2.79. The molecular formula is C26H34F2N4O4S. The van der Waals surface area contributed by atoms with Crippen LogP contribution < -0.4 is 10.1 Å². The number of aromatic nitrogens is 2. The number of likely N-dealkylation sites (tertiary alicyclic amines) is 1. The summed E-state index contributed by atoms with van der Waals surface area (Å²) in [4.78, 5) is 15.6. The second-order valence-electron chi connectivity index (χ2n) is 11.0. The van der Waals surface area contributed by atoms with E-state index < -0.39 is 22.0 Å². The van der Waals surface area contributed by atoms with E-state index in [1.165, 1.54) is 6.07 Å². The molecule has 202 valence electrons. The Balaban J connectivity index is 1.44. The molecule has 3 aliphatic rings. The molecule has 1 aromatic carbocycles. The Labute approximate surface area is 216 Å². The number of hydrogen-bond acceptors (Lipinski definition) is 6. The molecule has 0 spiro atoms. The van der Waals surface area contributed by atoms with E-state index in [2.05, 4.69) is 26.7 Å². The molecule has 1 aromatic heterocycles. The van der Waals surface area contributed by atoms with E-state index >= 15 is 0 Å². The van der Waals surface area contributed by atoms with Crippen LogP contribution in [-0.4, -0.2) is 72.8 Å². The molecule has 2 saturated heterocycles. The van der Waals surface area contributed by atoms with Crippen LogP contribution in [0.2, 0.25) is 0 Å². The quantitative estimate of drug-likeness (QED) is 0.610. The molecule has 0 radical (unpaired) electrons. The van der Waals surface area contributed by atoms with Gasteiger partial charge in [-0.3, -0.25) is 9.48 Å². The highest BCUT2D eigenvalue weighted by Gasteiger charge is 2.41. The number of benzene rings is 1. The summed E-state index contributed by atoms with van der Waals surface area (Å²) in [6, 6.07) is 6.82. The Kier molecular flexibility index (Phi) is 7.04.